The monoisotopic (exact) mass is 226 g/mol. The van der Waals surface area contributed by atoms with Gasteiger partial charge in [-0.05, 0) is 23.1 Å². The van der Waals surface area contributed by atoms with Crippen LogP contribution < -0.4 is 0 Å². The summed E-state index contributed by atoms with van der Waals surface area (Å²) in [6, 6.07) is 3.48. The summed E-state index contributed by atoms with van der Waals surface area (Å²) in [6.45, 7) is 6.06. The molecule has 0 spiro atoms. The minimum Gasteiger partial charge on any atom is -0.275 e. The van der Waals surface area contributed by atoms with Crippen molar-refractivity contribution < 1.29 is 4.39 Å². The summed E-state index contributed by atoms with van der Waals surface area (Å²) in [5, 5.41) is 7.32. The first-order chi connectivity index (χ1) is 6.89. The summed E-state index contributed by atoms with van der Waals surface area (Å²) >= 11 is 5.97. The number of hydrogen-bond acceptors (Lipinski definition) is 1. The molecule has 0 atom stereocenters. The van der Waals surface area contributed by atoms with E-state index in [-0.39, 0.29) is 5.41 Å². The molecule has 0 amide bonds. The van der Waals surface area contributed by atoms with Gasteiger partial charge in [0, 0.05) is 5.02 Å². The minimum absolute atomic E-state index is 0.159. The molecule has 0 radical (unpaired) electrons. The summed E-state index contributed by atoms with van der Waals surface area (Å²) in [5.74, 6) is -0.466. The smallest absolute Gasteiger partial charge is 0.240 e. The van der Waals surface area contributed by atoms with Crippen LogP contribution in [0.5, 0.6) is 0 Å². The third-order valence-electron chi connectivity index (χ3n) is 2.39. The van der Waals surface area contributed by atoms with Crippen LogP contribution in [-0.2, 0) is 5.41 Å². The highest BCUT2D eigenvalue weighted by Crippen LogP contribution is 2.33. The van der Waals surface area contributed by atoms with Crippen molar-refractivity contribution in [2.75, 3.05) is 0 Å². The first-order valence-electron chi connectivity index (χ1n) is 4.73. The quantitative estimate of drug-likeness (QED) is 0.730. The highest BCUT2D eigenvalue weighted by molar-refractivity contribution is 6.31. The van der Waals surface area contributed by atoms with Crippen molar-refractivity contribution in [3.05, 3.63) is 28.7 Å². The fraction of sp³-hybridized carbons (Fsp3) is 0.364. The first-order valence-corrected chi connectivity index (χ1v) is 5.11. The van der Waals surface area contributed by atoms with E-state index in [1.807, 2.05) is 20.8 Å². The molecule has 0 saturated heterocycles. The molecule has 2 nitrogen and oxygen atoms in total. The second-order valence-corrected chi connectivity index (χ2v) is 5.08. The molecule has 80 valence electrons. The number of aromatic nitrogens is 2. The van der Waals surface area contributed by atoms with Gasteiger partial charge in [-0.25, -0.2) is 0 Å². The second-order valence-electron chi connectivity index (χ2n) is 4.64. The Morgan fingerprint density at radius 3 is 2.60 bits per heavy atom. The molecule has 2 rings (SSSR count). The Morgan fingerprint density at radius 1 is 1.33 bits per heavy atom. The van der Waals surface area contributed by atoms with Gasteiger partial charge in [0.1, 0.15) is 0 Å². The lowest BCUT2D eigenvalue weighted by Crippen LogP contribution is -2.11. The van der Waals surface area contributed by atoms with Crippen LogP contribution in [0.4, 0.5) is 4.39 Å². The molecule has 1 heterocycles. The average molecular weight is 227 g/mol. The van der Waals surface area contributed by atoms with Crippen LogP contribution in [0.2, 0.25) is 5.02 Å². The van der Waals surface area contributed by atoms with Crippen molar-refractivity contribution in [2.45, 2.75) is 26.2 Å². The molecular weight excluding hydrogens is 215 g/mol. The molecular formula is C11H12ClFN2. The van der Waals surface area contributed by atoms with Crippen molar-refractivity contribution >= 4 is 22.5 Å². The van der Waals surface area contributed by atoms with Gasteiger partial charge in [0.2, 0.25) is 5.95 Å². The van der Waals surface area contributed by atoms with Gasteiger partial charge in [-0.1, -0.05) is 32.4 Å². The molecule has 4 heteroatoms. The Morgan fingerprint density at radius 2 is 2.00 bits per heavy atom. The largest absolute Gasteiger partial charge is 0.275 e. The maximum absolute atomic E-state index is 13.5. The zero-order valence-electron chi connectivity index (χ0n) is 8.86. The van der Waals surface area contributed by atoms with Gasteiger partial charge in [0.05, 0.1) is 10.9 Å². The fourth-order valence-corrected chi connectivity index (χ4v) is 1.89. The van der Waals surface area contributed by atoms with Crippen molar-refractivity contribution in [3.8, 4) is 0 Å². The maximum atomic E-state index is 13.5. The van der Waals surface area contributed by atoms with Crippen LogP contribution in [0, 0.1) is 5.95 Å². The Bertz CT molecular complexity index is 511. The van der Waals surface area contributed by atoms with E-state index in [0.29, 0.717) is 15.9 Å². The number of fused-ring (bicyclic) bond motifs is 1. The third-order valence-corrected chi connectivity index (χ3v) is 2.61. The number of rotatable bonds is 0. The van der Waals surface area contributed by atoms with Gasteiger partial charge in [-0.3, -0.25) is 5.10 Å². The van der Waals surface area contributed by atoms with Gasteiger partial charge in [-0.2, -0.15) is 4.39 Å². The Hall–Kier alpha value is -1.09. The molecule has 0 aliphatic heterocycles. The summed E-state index contributed by atoms with van der Waals surface area (Å²) < 4.78 is 13.5. The van der Waals surface area contributed by atoms with Gasteiger partial charge >= 0.3 is 0 Å². The van der Waals surface area contributed by atoms with E-state index in [2.05, 4.69) is 10.2 Å². The van der Waals surface area contributed by atoms with Crippen LogP contribution in [0.25, 0.3) is 10.9 Å². The van der Waals surface area contributed by atoms with Crippen molar-refractivity contribution in [3.63, 3.8) is 0 Å². The first kappa shape index (κ1) is 10.4. The van der Waals surface area contributed by atoms with Gasteiger partial charge in [0.15, 0.2) is 0 Å². The van der Waals surface area contributed by atoms with E-state index < -0.39 is 5.95 Å². The number of hydrogen-bond donors (Lipinski definition) is 1. The number of benzene rings is 1. The summed E-state index contributed by atoms with van der Waals surface area (Å²) in [4.78, 5) is 0. The standard InChI is InChI=1S/C11H12ClFN2/c1-11(2,3)7-4-6(12)5-8-9(7)10(13)15-14-8/h4-5H,1-3H3,(H,14,15). The molecule has 0 aliphatic rings. The second kappa shape index (κ2) is 3.20. The Balaban J connectivity index is 2.87. The molecule has 0 aliphatic carbocycles. The molecule has 1 N–H and O–H groups in total. The normalized spacial score (nSPS) is 12.3. The predicted octanol–water partition coefficient (Wildman–Crippen LogP) is 3.65. The van der Waals surface area contributed by atoms with Gasteiger partial charge in [-0.15, -0.1) is 5.10 Å². The Kier molecular flexibility index (Phi) is 2.23. The third kappa shape index (κ3) is 1.72. The van der Waals surface area contributed by atoms with Crippen molar-refractivity contribution in [1.82, 2.24) is 10.2 Å². The van der Waals surface area contributed by atoms with Crippen LogP contribution >= 0.6 is 11.6 Å². The number of nitrogens with zero attached hydrogens (tertiary/aromatic N) is 1. The van der Waals surface area contributed by atoms with E-state index in [1.165, 1.54) is 0 Å². The molecule has 0 saturated carbocycles. The fourth-order valence-electron chi connectivity index (χ4n) is 1.67. The number of H-pyrrole nitrogens is 1. The molecule has 2 aromatic rings. The van der Waals surface area contributed by atoms with Crippen LogP contribution in [0.15, 0.2) is 12.1 Å². The van der Waals surface area contributed by atoms with E-state index in [4.69, 9.17) is 11.6 Å². The van der Waals surface area contributed by atoms with Crippen molar-refractivity contribution in [1.29, 1.82) is 0 Å². The van der Waals surface area contributed by atoms with Gasteiger partial charge < -0.3 is 0 Å². The van der Waals surface area contributed by atoms with Crippen LogP contribution in [-0.4, -0.2) is 10.2 Å². The molecule has 0 unspecified atom stereocenters. The number of nitrogens with one attached hydrogen (secondary N) is 1. The topological polar surface area (TPSA) is 28.7 Å². The van der Waals surface area contributed by atoms with Gasteiger partial charge in [0.25, 0.3) is 0 Å². The zero-order chi connectivity index (χ0) is 11.2. The maximum Gasteiger partial charge on any atom is 0.240 e. The highest BCUT2D eigenvalue weighted by Gasteiger charge is 2.21. The molecule has 0 bridgehead atoms. The number of aromatic amines is 1. The summed E-state index contributed by atoms with van der Waals surface area (Å²) in [7, 11) is 0. The minimum atomic E-state index is -0.466. The van der Waals surface area contributed by atoms with Crippen molar-refractivity contribution in [2.24, 2.45) is 0 Å². The van der Waals surface area contributed by atoms with E-state index >= 15 is 0 Å². The molecule has 0 fully saturated rings. The van der Waals surface area contributed by atoms with E-state index in [9.17, 15) is 4.39 Å². The number of halogens is 2. The van der Waals surface area contributed by atoms with E-state index in [1.54, 1.807) is 12.1 Å². The SMILES string of the molecule is CC(C)(C)c1cc(Cl)cc2[nH]nc(F)c12. The lowest BCUT2D eigenvalue weighted by molar-refractivity contribution is 0.571. The highest BCUT2D eigenvalue weighted by atomic mass is 35.5. The summed E-state index contributed by atoms with van der Waals surface area (Å²) in [5.41, 5.74) is 1.36. The lowest BCUT2D eigenvalue weighted by atomic mass is 9.85. The van der Waals surface area contributed by atoms with Crippen LogP contribution in [0.3, 0.4) is 0 Å². The predicted molar refractivity (Wildman–Crippen MR) is 59.8 cm³/mol. The molecule has 1 aromatic heterocycles. The van der Waals surface area contributed by atoms with Crippen LogP contribution in [0.1, 0.15) is 26.3 Å². The average Bonchev–Trinajstić information content (AvgIpc) is 2.44. The zero-order valence-corrected chi connectivity index (χ0v) is 9.61. The molecule has 15 heavy (non-hydrogen) atoms. The molecule has 1 aromatic carbocycles. The Labute approximate surface area is 92.4 Å². The lowest BCUT2D eigenvalue weighted by Gasteiger charge is -2.20. The van der Waals surface area contributed by atoms with E-state index in [0.717, 1.165) is 5.56 Å². The summed E-state index contributed by atoms with van der Waals surface area (Å²) in [6.07, 6.45) is 0.